The number of hydrogen-bond acceptors (Lipinski definition) is 7. The molecule has 0 radical (unpaired) electrons. The van der Waals surface area contributed by atoms with E-state index >= 15 is 0 Å². The lowest BCUT2D eigenvalue weighted by molar-refractivity contribution is 0.0989. The molecule has 0 saturated heterocycles. The van der Waals surface area contributed by atoms with E-state index in [0.717, 1.165) is 27.6 Å². The number of rotatable bonds is 2. The molecule has 0 saturated carbocycles. The fourth-order valence-corrected chi connectivity index (χ4v) is 4.39. The minimum Gasteiger partial charge on any atom is -0.355 e. The van der Waals surface area contributed by atoms with E-state index in [-0.39, 0.29) is 5.91 Å². The summed E-state index contributed by atoms with van der Waals surface area (Å²) in [6.45, 7) is 3.10. The fraction of sp³-hybridized carbons (Fsp3) is 0.190. The number of fused-ring (bicyclic) bond motifs is 2. The summed E-state index contributed by atoms with van der Waals surface area (Å²) in [5, 5.41) is 0.741. The van der Waals surface area contributed by atoms with Gasteiger partial charge in [0.1, 0.15) is 9.88 Å². The maximum absolute atomic E-state index is 13.5. The van der Waals surface area contributed by atoms with Gasteiger partial charge in [-0.25, -0.2) is 15.0 Å². The SMILES string of the molecule is Cc1nc(-c2ccccn2)sc1C(=O)N1CCN(C)c2nc3ccccc3nc21. The maximum Gasteiger partial charge on any atom is 0.271 e. The number of anilines is 2. The van der Waals surface area contributed by atoms with Gasteiger partial charge in [-0.05, 0) is 31.2 Å². The number of thiazole rings is 1. The van der Waals surface area contributed by atoms with Crippen LogP contribution < -0.4 is 9.80 Å². The van der Waals surface area contributed by atoms with Crippen LogP contribution in [0.3, 0.4) is 0 Å². The van der Waals surface area contributed by atoms with Crippen LogP contribution in [0.5, 0.6) is 0 Å². The van der Waals surface area contributed by atoms with Gasteiger partial charge >= 0.3 is 0 Å². The van der Waals surface area contributed by atoms with Crippen molar-refractivity contribution in [1.82, 2.24) is 19.9 Å². The van der Waals surface area contributed by atoms with E-state index in [1.807, 2.05) is 61.3 Å². The summed E-state index contributed by atoms with van der Waals surface area (Å²) in [7, 11) is 1.97. The third-order valence-electron chi connectivity index (χ3n) is 4.93. The molecule has 4 heterocycles. The summed E-state index contributed by atoms with van der Waals surface area (Å²) in [6.07, 6.45) is 1.73. The molecule has 29 heavy (non-hydrogen) atoms. The highest BCUT2D eigenvalue weighted by atomic mass is 32.1. The van der Waals surface area contributed by atoms with Crippen LogP contribution in [0.4, 0.5) is 11.6 Å². The number of nitrogens with zero attached hydrogens (tertiary/aromatic N) is 6. The van der Waals surface area contributed by atoms with Crippen molar-refractivity contribution in [3.05, 3.63) is 59.2 Å². The van der Waals surface area contributed by atoms with Gasteiger partial charge < -0.3 is 4.90 Å². The van der Waals surface area contributed by atoms with Crippen LogP contribution >= 0.6 is 11.3 Å². The molecule has 8 heteroatoms. The molecular weight excluding hydrogens is 384 g/mol. The normalized spacial score (nSPS) is 13.6. The van der Waals surface area contributed by atoms with Gasteiger partial charge in [-0.1, -0.05) is 18.2 Å². The molecule has 1 amide bonds. The molecule has 1 aromatic carbocycles. The summed E-state index contributed by atoms with van der Waals surface area (Å²) in [5.41, 5.74) is 3.06. The molecule has 144 valence electrons. The highest BCUT2D eigenvalue weighted by Gasteiger charge is 2.31. The van der Waals surface area contributed by atoms with E-state index in [9.17, 15) is 4.79 Å². The third-order valence-corrected chi connectivity index (χ3v) is 6.10. The Morgan fingerprint density at radius 3 is 2.41 bits per heavy atom. The number of carbonyl (C=O) groups excluding carboxylic acids is 1. The van der Waals surface area contributed by atoms with Crippen LogP contribution in [-0.4, -0.2) is 46.0 Å². The molecule has 0 unspecified atom stereocenters. The van der Waals surface area contributed by atoms with Gasteiger partial charge in [0.05, 0.1) is 22.4 Å². The first kappa shape index (κ1) is 17.7. The average molecular weight is 402 g/mol. The number of pyridine rings is 1. The Labute approximate surface area is 171 Å². The molecule has 1 aliphatic heterocycles. The molecule has 0 N–H and O–H groups in total. The Bertz CT molecular complexity index is 1220. The molecule has 0 atom stereocenters. The van der Waals surface area contributed by atoms with Crippen LogP contribution in [0.25, 0.3) is 21.7 Å². The van der Waals surface area contributed by atoms with Crippen molar-refractivity contribution in [3.8, 4) is 10.7 Å². The molecule has 0 bridgehead atoms. The van der Waals surface area contributed by atoms with Gasteiger partial charge in [0.2, 0.25) is 0 Å². The number of carbonyl (C=O) groups is 1. The number of aryl methyl sites for hydroxylation is 1. The molecule has 0 aliphatic carbocycles. The largest absolute Gasteiger partial charge is 0.355 e. The zero-order chi connectivity index (χ0) is 20.0. The summed E-state index contributed by atoms with van der Waals surface area (Å²) >= 11 is 1.37. The first-order chi connectivity index (χ1) is 14.1. The molecule has 3 aromatic heterocycles. The van der Waals surface area contributed by atoms with Gasteiger partial charge in [-0.3, -0.25) is 14.7 Å². The number of amides is 1. The van der Waals surface area contributed by atoms with Crippen LogP contribution in [0.1, 0.15) is 15.4 Å². The third kappa shape index (κ3) is 3.01. The number of aromatic nitrogens is 4. The lowest BCUT2D eigenvalue weighted by atomic mass is 10.2. The maximum atomic E-state index is 13.5. The van der Waals surface area contributed by atoms with E-state index in [2.05, 4.69) is 9.97 Å². The lowest BCUT2D eigenvalue weighted by Gasteiger charge is -2.33. The van der Waals surface area contributed by atoms with E-state index < -0.39 is 0 Å². The predicted molar refractivity (Wildman–Crippen MR) is 115 cm³/mol. The van der Waals surface area contributed by atoms with Crippen LogP contribution in [-0.2, 0) is 0 Å². The first-order valence-corrected chi connectivity index (χ1v) is 10.1. The van der Waals surface area contributed by atoms with Crippen LogP contribution in [0, 0.1) is 6.92 Å². The molecule has 1 aliphatic rings. The quantitative estimate of drug-likeness (QED) is 0.510. The minimum absolute atomic E-state index is 0.0962. The second-order valence-corrected chi connectivity index (χ2v) is 7.89. The van der Waals surface area contributed by atoms with E-state index in [0.29, 0.717) is 29.5 Å². The van der Waals surface area contributed by atoms with Crippen molar-refractivity contribution in [2.75, 3.05) is 29.9 Å². The zero-order valence-corrected chi connectivity index (χ0v) is 16.8. The minimum atomic E-state index is -0.0962. The topological polar surface area (TPSA) is 75.1 Å². The Kier molecular flexibility index (Phi) is 4.21. The number of likely N-dealkylation sites (N-methyl/N-ethyl adjacent to an activating group) is 1. The lowest BCUT2D eigenvalue weighted by Crippen LogP contribution is -2.43. The molecule has 4 aromatic rings. The van der Waals surface area contributed by atoms with Crippen molar-refractivity contribution in [2.24, 2.45) is 0 Å². The average Bonchev–Trinajstić information content (AvgIpc) is 3.15. The fourth-order valence-electron chi connectivity index (χ4n) is 3.39. The number of para-hydroxylation sites is 2. The van der Waals surface area contributed by atoms with Crippen molar-refractivity contribution in [2.45, 2.75) is 6.92 Å². The smallest absolute Gasteiger partial charge is 0.271 e. The number of benzene rings is 1. The Balaban J connectivity index is 1.57. The van der Waals surface area contributed by atoms with Gasteiger partial charge in [0, 0.05) is 26.3 Å². The highest BCUT2D eigenvalue weighted by molar-refractivity contribution is 7.17. The van der Waals surface area contributed by atoms with Crippen molar-refractivity contribution >= 4 is 39.9 Å². The summed E-state index contributed by atoms with van der Waals surface area (Å²) in [4.78, 5) is 36.3. The van der Waals surface area contributed by atoms with Crippen molar-refractivity contribution in [1.29, 1.82) is 0 Å². The van der Waals surface area contributed by atoms with Crippen molar-refractivity contribution in [3.63, 3.8) is 0 Å². The molecule has 7 nitrogen and oxygen atoms in total. The van der Waals surface area contributed by atoms with Gasteiger partial charge in [0.15, 0.2) is 11.6 Å². The molecule has 5 rings (SSSR count). The predicted octanol–water partition coefficient (Wildman–Crippen LogP) is 3.55. The van der Waals surface area contributed by atoms with Gasteiger partial charge in [-0.15, -0.1) is 11.3 Å². The van der Waals surface area contributed by atoms with E-state index in [1.54, 1.807) is 11.1 Å². The molecular formula is C21H18N6OS. The standard InChI is InChI=1S/C21H18N6OS/c1-13-17(29-20(23-13)16-9-5-6-10-22-16)21(28)27-12-11-26(2)18-19(27)25-15-8-4-3-7-14(15)24-18/h3-10H,11-12H2,1-2H3. The second kappa shape index (κ2) is 6.89. The van der Waals surface area contributed by atoms with Crippen LogP contribution in [0.15, 0.2) is 48.7 Å². The molecule has 0 spiro atoms. The molecule has 0 fully saturated rings. The van der Waals surface area contributed by atoms with Gasteiger partial charge in [0.25, 0.3) is 5.91 Å². The first-order valence-electron chi connectivity index (χ1n) is 9.30. The zero-order valence-electron chi connectivity index (χ0n) is 16.0. The monoisotopic (exact) mass is 402 g/mol. The van der Waals surface area contributed by atoms with Crippen molar-refractivity contribution < 1.29 is 4.79 Å². The van der Waals surface area contributed by atoms with Crippen LogP contribution in [0.2, 0.25) is 0 Å². The second-order valence-electron chi connectivity index (χ2n) is 6.89. The Morgan fingerprint density at radius 1 is 0.966 bits per heavy atom. The summed E-state index contributed by atoms with van der Waals surface area (Å²) in [5.74, 6) is 1.21. The summed E-state index contributed by atoms with van der Waals surface area (Å²) < 4.78 is 0. The highest BCUT2D eigenvalue weighted by Crippen LogP contribution is 2.34. The van der Waals surface area contributed by atoms with E-state index in [1.165, 1.54) is 11.3 Å². The summed E-state index contributed by atoms with van der Waals surface area (Å²) in [6, 6.07) is 13.4. The Morgan fingerprint density at radius 2 is 1.69 bits per heavy atom. The van der Waals surface area contributed by atoms with Gasteiger partial charge in [-0.2, -0.15) is 0 Å². The number of hydrogen-bond donors (Lipinski definition) is 0. The Hall–Kier alpha value is -3.39. The van der Waals surface area contributed by atoms with E-state index in [4.69, 9.17) is 9.97 Å².